The molecule has 13 heavy (non-hydrogen) atoms. The first-order chi connectivity index (χ1) is 6.25. The molecule has 0 aromatic carbocycles. The van der Waals surface area contributed by atoms with Crippen molar-refractivity contribution >= 4 is 17.3 Å². The second-order valence-corrected chi connectivity index (χ2v) is 3.40. The van der Waals surface area contributed by atoms with E-state index < -0.39 is 5.97 Å². The summed E-state index contributed by atoms with van der Waals surface area (Å²) in [5, 5.41) is 12.3. The van der Waals surface area contributed by atoms with E-state index in [1.54, 1.807) is 5.38 Å². The van der Waals surface area contributed by atoms with Gasteiger partial charge in [-0.05, 0) is 6.42 Å². The lowest BCUT2D eigenvalue weighted by molar-refractivity contribution is 0.0497. The topological polar surface area (TPSA) is 46.5 Å². The van der Waals surface area contributed by atoms with Gasteiger partial charge in [0.2, 0.25) is 0 Å². The Morgan fingerprint density at radius 1 is 1.62 bits per heavy atom. The standard InChI is InChI=1S/C9H12O3S/c1-2-3-4-12-9(11)7-5-13-6-8(7)10/h5-6,10H,2-4H2,1H3. The minimum absolute atomic E-state index is 0.00602. The van der Waals surface area contributed by atoms with Crippen LogP contribution in [0.25, 0.3) is 0 Å². The number of aromatic hydroxyl groups is 1. The lowest BCUT2D eigenvalue weighted by Gasteiger charge is -2.01. The Hall–Kier alpha value is -1.03. The summed E-state index contributed by atoms with van der Waals surface area (Å²) < 4.78 is 4.92. The maximum Gasteiger partial charge on any atom is 0.342 e. The minimum atomic E-state index is -0.438. The molecule has 1 heterocycles. The number of carbonyl (C=O) groups is 1. The van der Waals surface area contributed by atoms with Crippen molar-refractivity contribution in [2.75, 3.05) is 6.61 Å². The number of hydrogen-bond acceptors (Lipinski definition) is 4. The number of carbonyl (C=O) groups excluding carboxylic acids is 1. The fourth-order valence-electron chi connectivity index (χ4n) is 0.830. The molecule has 0 atom stereocenters. The van der Waals surface area contributed by atoms with Crippen LogP contribution in [0.5, 0.6) is 5.75 Å². The van der Waals surface area contributed by atoms with Gasteiger partial charge >= 0.3 is 5.97 Å². The number of ether oxygens (including phenoxy) is 1. The van der Waals surface area contributed by atoms with E-state index in [1.807, 2.05) is 6.92 Å². The molecule has 0 amide bonds. The molecule has 0 fully saturated rings. The molecule has 0 unspecified atom stereocenters. The predicted molar refractivity (Wildman–Crippen MR) is 51.2 cm³/mol. The van der Waals surface area contributed by atoms with Gasteiger partial charge < -0.3 is 9.84 Å². The molecule has 1 aromatic rings. The highest BCUT2D eigenvalue weighted by Crippen LogP contribution is 2.22. The highest BCUT2D eigenvalue weighted by Gasteiger charge is 2.12. The molecular weight excluding hydrogens is 188 g/mol. The van der Waals surface area contributed by atoms with Gasteiger partial charge in [-0.2, -0.15) is 0 Å². The van der Waals surface area contributed by atoms with Gasteiger partial charge in [-0.15, -0.1) is 11.3 Å². The van der Waals surface area contributed by atoms with E-state index in [4.69, 9.17) is 4.74 Å². The van der Waals surface area contributed by atoms with Crippen LogP contribution in [0.1, 0.15) is 30.1 Å². The van der Waals surface area contributed by atoms with Gasteiger partial charge in [-0.1, -0.05) is 13.3 Å². The predicted octanol–water partition coefficient (Wildman–Crippen LogP) is 2.41. The van der Waals surface area contributed by atoms with Crippen molar-refractivity contribution in [2.45, 2.75) is 19.8 Å². The highest BCUT2D eigenvalue weighted by molar-refractivity contribution is 7.08. The number of hydrogen-bond donors (Lipinski definition) is 1. The molecule has 72 valence electrons. The number of rotatable bonds is 4. The Labute approximate surface area is 81.0 Å². The van der Waals surface area contributed by atoms with Crippen molar-refractivity contribution in [3.63, 3.8) is 0 Å². The third-order valence-corrected chi connectivity index (χ3v) is 2.32. The number of unbranched alkanes of at least 4 members (excludes halogenated alkanes) is 1. The van der Waals surface area contributed by atoms with Gasteiger partial charge in [0.05, 0.1) is 6.61 Å². The summed E-state index contributed by atoms with van der Waals surface area (Å²) in [6.07, 6.45) is 1.85. The maximum absolute atomic E-state index is 11.2. The Bertz CT molecular complexity index is 280. The molecule has 0 saturated carbocycles. The molecule has 0 aliphatic heterocycles. The quantitative estimate of drug-likeness (QED) is 0.599. The van der Waals surface area contributed by atoms with Gasteiger partial charge in [0.1, 0.15) is 11.3 Å². The Kier molecular flexibility index (Phi) is 3.76. The molecule has 1 rings (SSSR count). The van der Waals surface area contributed by atoms with Crippen molar-refractivity contribution in [1.29, 1.82) is 0 Å². The highest BCUT2D eigenvalue weighted by atomic mass is 32.1. The average Bonchev–Trinajstić information content (AvgIpc) is 2.52. The van der Waals surface area contributed by atoms with Crippen LogP contribution in [-0.4, -0.2) is 17.7 Å². The summed E-state index contributed by atoms with van der Waals surface area (Å²) in [5.74, 6) is -0.432. The van der Waals surface area contributed by atoms with E-state index in [1.165, 1.54) is 16.7 Å². The fraction of sp³-hybridized carbons (Fsp3) is 0.444. The van der Waals surface area contributed by atoms with E-state index in [0.29, 0.717) is 6.61 Å². The number of esters is 1. The molecule has 0 bridgehead atoms. The van der Waals surface area contributed by atoms with Crippen LogP contribution in [0, 0.1) is 0 Å². The van der Waals surface area contributed by atoms with E-state index in [-0.39, 0.29) is 11.3 Å². The molecule has 0 aliphatic carbocycles. The zero-order chi connectivity index (χ0) is 9.68. The van der Waals surface area contributed by atoms with Gasteiger partial charge in [0.25, 0.3) is 0 Å². The minimum Gasteiger partial charge on any atom is -0.506 e. The lowest BCUT2D eigenvalue weighted by atomic mass is 10.3. The third-order valence-electron chi connectivity index (χ3n) is 1.59. The van der Waals surface area contributed by atoms with Gasteiger partial charge in [-0.25, -0.2) is 4.79 Å². The second-order valence-electron chi connectivity index (χ2n) is 2.66. The monoisotopic (exact) mass is 200 g/mol. The molecule has 0 spiro atoms. The third kappa shape index (κ3) is 2.73. The first-order valence-electron chi connectivity index (χ1n) is 4.18. The average molecular weight is 200 g/mol. The maximum atomic E-state index is 11.2. The number of thiophene rings is 1. The molecule has 0 radical (unpaired) electrons. The Balaban J connectivity index is 2.45. The van der Waals surface area contributed by atoms with Gasteiger partial charge in [-0.3, -0.25) is 0 Å². The van der Waals surface area contributed by atoms with Crippen LogP contribution in [0.2, 0.25) is 0 Å². The van der Waals surface area contributed by atoms with Crippen LogP contribution in [0.4, 0.5) is 0 Å². The van der Waals surface area contributed by atoms with Crippen LogP contribution in [0.3, 0.4) is 0 Å². The van der Waals surface area contributed by atoms with E-state index >= 15 is 0 Å². The first kappa shape index (κ1) is 10.1. The van der Waals surface area contributed by atoms with Crippen molar-refractivity contribution in [2.24, 2.45) is 0 Å². The van der Waals surface area contributed by atoms with E-state index in [2.05, 4.69) is 0 Å². The van der Waals surface area contributed by atoms with Crippen LogP contribution in [0.15, 0.2) is 10.8 Å². The van der Waals surface area contributed by atoms with Crippen LogP contribution < -0.4 is 0 Å². The fourth-order valence-corrected chi connectivity index (χ4v) is 1.51. The van der Waals surface area contributed by atoms with Crippen LogP contribution >= 0.6 is 11.3 Å². The zero-order valence-electron chi connectivity index (χ0n) is 7.45. The summed E-state index contributed by atoms with van der Waals surface area (Å²) >= 11 is 1.28. The Morgan fingerprint density at radius 2 is 2.38 bits per heavy atom. The summed E-state index contributed by atoms with van der Waals surface area (Å²) in [6.45, 7) is 2.44. The normalized spacial score (nSPS) is 9.92. The zero-order valence-corrected chi connectivity index (χ0v) is 8.26. The molecule has 1 N–H and O–H groups in total. The summed E-state index contributed by atoms with van der Waals surface area (Å²) in [6, 6.07) is 0. The molecule has 4 heteroatoms. The molecule has 1 aromatic heterocycles. The summed E-state index contributed by atoms with van der Waals surface area (Å²) in [5.41, 5.74) is 0.265. The van der Waals surface area contributed by atoms with Gasteiger partial charge in [0.15, 0.2) is 0 Å². The molecule has 0 aliphatic rings. The molecular formula is C9H12O3S. The van der Waals surface area contributed by atoms with E-state index in [0.717, 1.165) is 12.8 Å². The lowest BCUT2D eigenvalue weighted by Crippen LogP contribution is -2.05. The van der Waals surface area contributed by atoms with Gasteiger partial charge in [0, 0.05) is 10.8 Å². The molecule has 0 saturated heterocycles. The van der Waals surface area contributed by atoms with Crippen molar-refractivity contribution in [3.05, 3.63) is 16.3 Å². The van der Waals surface area contributed by atoms with Crippen molar-refractivity contribution in [1.82, 2.24) is 0 Å². The van der Waals surface area contributed by atoms with E-state index in [9.17, 15) is 9.90 Å². The SMILES string of the molecule is CCCCOC(=O)c1cscc1O. The molecule has 3 nitrogen and oxygen atoms in total. The largest absolute Gasteiger partial charge is 0.506 e. The second kappa shape index (κ2) is 4.87. The van der Waals surface area contributed by atoms with Crippen LogP contribution in [-0.2, 0) is 4.74 Å². The van der Waals surface area contributed by atoms with Crippen molar-refractivity contribution in [3.8, 4) is 5.75 Å². The Morgan fingerprint density at radius 3 is 2.92 bits per heavy atom. The smallest absolute Gasteiger partial charge is 0.342 e. The summed E-state index contributed by atoms with van der Waals surface area (Å²) in [4.78, 5) is 11.2. The van der Waals surface area contributed by atoms with Crippen molar-refractivity contribution < 1.29 is 14.6 Å². The first-order valence-corrected chi connectivity index (χ1v) is 5.12. The summed E-state index contributed by atoms with van der Waals surface area (Å²) in [7, 11) is 0.